The normalized spacial score (nSPS) is 18.6. The number of benzene rings is 2. The Morgan fingerprint density at radius 3 is 2.53 bits per heavy atom. The van der Waals surface area contributed by atoms with E-state index in [1.54, 1.807) is 0 Å². The van der Waals surface area contributed by atoms with Crippen LogP contribution in [0.5, 0.6) is 0 Å². The molecule has 0 aromatic heterocycles. The Balaban J connectivity index is 1.91. The maximum Gasteiger partial charge on any atom is 0.0469 e. The molecule has 0 aliphatic carbocycles. The first kappa shape index (κ1) is 12.6. The van der Waals surface area contributed by atoms with Gasteiger partial charge in [-0.05, 0) is 48.2 Å². The second kappa shape index (κ2) is 5.72. The van der Waals surface area contributed by atoms with Gasteiger partial charge < -0.3 is 10.1 Å². The molecule has 2 aromatic rings. The quantitative estimate of drug-likeness (QED) is 0.906. The van der Waals surface area contributed by atoms with Gasteiger partial charge in [0.15, 0.2) is 0 Å². The SMILES string of the molecule is CNC(c1ccc2ccccc2c1)C1CCOCC1. The molecule has 2 aromatic carbocycles. The van der Waals surface area contributed by atoms with E-state index in [0.717, 1.165) is 26.1 Å². The van der Waals surface area contributed by atoms with Gasteiger partial charge in [0.25, 0.3) is 0 Å². The molecular weight excluding hydrogens is 234 g/mol. The van der Waals surface area contributed by atoms with Crippen LogP contribution in [-0.4, -0.2) is 20.3 Å². The molecule has 0 radical (unpaired) electrons. The highest BCUT2D eigenvalue weighted by atomic mass is 16.5. The zero-order chi connectivity index (χ0) is 13.1. The van der Waals surface area contributed by atoms with Crippen molar-refractivity contribution in [3.05, 3.63) is 48.0 Å². The van der Waals surface area contributed by atoms with Gasteiger partial charge in [-0.15, -0.1) is 0 Å². The van der Waals surface area contributed by atoms with Crippen molar-refractivity contribution in [1.29, 1.82) is 0 Å². The Kier molecular flexibility index (Phi) is 3.81. The van der Waals surface area contributed by atoms with E-state index in [1.165, 1.54) is 16.3 Å². The lowest BCUT2D eigenvalue weighted by atomic mass is 9.86. The van der Waals surface area contributed by atoms with Crippen LogP contribution in [0.1, 0.15) is 24.4 Å². The molecule has 1 saturated heterocycles. The number of hydrogen-bond donors (Lipinski definition) is 1. The van der Waals surface area contributed by atoms with Gasteiger partial charge in [0.05, 0.1) is 0 Å². The fourth-order valence-corrected chi connectivity index (χ4v) is 3.12. The van der Waals surface area contributed by atoms with Crippen molar-refractivity contribution in [2.24, 2.45) is 5.92 Å². The second-order valence-electron chi connectivity index (χ2n) is 5.32. The minimum atomic E-state index is 0.438. The smallest absolute Gasteiger partial charge is 0.0469 e. The van der Waals surface area contributed by atoms with Gasteiger partial charge in [-0.25, -0.2) is 0 Å². The fourth-order valence-electron chi connectivity index (χ4n) is 3.12. The van der Waals surface area contributed by atoms with Crippen molar-refractivity contribution in [2.45, 2.75) is 18.9 Å². The second-order valence-corrected chi connectivity index (χ2v) is 5.32. The molecule has 3 rings (SSSR count). The summed E-state index contributed by atoms with van der Waals surface area (Å²) < 4.78 is 5.47. The highest BCUT2D eigenvalue weighted by molar-refractivity contribution is 5.83. The first-order valence-electron chi connectivity index (χ1n) is 7.12. The highest BCUT2D eigenvalue weighted by Crippen LogP contribution is 2.31. The van der Waals surface area contributed by atoms with E-state index in [0.29, 0.717) is 12.0 Å². The number of nitrogens with one attached hydrogen (secondary N) is 1. The minimum Gasteiger partial charge on any atom is -0.381 e. The van der Waals surface area contributed by atoms with E-state index in [1.807, 2.05) is 0 Å². The van der Waals surface area contributed by atoms with Crippen molar-refractivity contribution in [1.82, 2.24) is 5.32 Å². The molecule has 19 heavy (non-hydrogen) atoms. The predicted octanol–water partition coefficient (Wildman–Crippen LogP) is 3.53. The summed E-state index contributed by atoms with van der Waals surface area (Å²) in [5.74, 6) is 0.680. The van der Waals surface area contributed by atoms with Crippen LogP contribution in [0.4, 0.5) is 0 Å². The van der Waals surface area contributed by atoms with E-state index >= 15 is 0 Å². The molecule has 0 bridgehead atoms. The van der Waals surface area contributed by atoms with Crippen LogP contribution in [-0.2, 0) is 4.74 Å². The lowest BCUT2D eigenvalue weighted by Gasteiger charge is -2.30. The van der Waals surface area contributed by atoms with E-state index in [-0.39, 0.29) is 0 Å². The van der Waals surface area contributed by atoms with E-state index in [4.69, 9.17) is 4.74 Å². The molecule has 1 fully saturated rings. The van der Waals surface area contributed by atoms with Gasteiger partial charge in [0, 0.05) is 19.3 Å². The zero-order valence-corrected chi connectivity index (χ0v) is 11.4. The average Bonchev–Trinajstić information content (AvgIpc) is 2.49. The lowest BCUT2D eigenvalue weighted by Crippen LogP contribution is -2.29. The van der Waals surface area contributed by atoms with Crippen molar-refractivity contribution in [3.63, 3.8) is 0 Å². The maximum atomic E-state index is 5.47. The summed E-state index contributed by atoms with van der Waals surface area (Å²) in [5.41, 5.74) is 1.40. The molecule has 1 aliphatic heterocycles. The highest BCUT2D eigenvalue weighted by Gasteiger charge is 2.24. The number of hydrogen-bond acceptors (Lipinski definition) is 2. The van der Waals surface area contributed by atoms with Crippen LogP contribution in [0.2, 0.25) is 0 Å². The van der Waals surface area contributed by atoms with Gasteiger partial charge in [-0.1, -0.05) is 36.4 Å². The molecule has 0 spiro atoms. The van der Waals surface area contributed by atoms with Crippen LogP contribution in [0.3, 0.4) is 0 Å². The standard InChI is InChI=1S/C17H21NO/c1-18-17(14-8-10-19-11-9-14)16-7-6-13-4-2-3-5-15(13)12-16/h2-7,12,14,17-18H,8-11H2,1H3. The van der Waals surface area contributed by atoms with Crippen LogP contribution in [0, 0.1) is 5.92 Å². The first-order chi connectivity index (χ1) is 9.38. The van der Waals surface area contributed by atoms with E-state index in [2.05, 4.69) is 54.8 Å². The summed E-state index contributed by atoms with van der Waals surface area (Å²) in [4.78, 5) is 0. The van der Waals surface area contributed by atoms with Crippen molar-refractivity contribution >= 4 is 10.8 Å². The first-order valence-corrected chi connectivity index (χ1v) is 7.12. The molecule has 0 amide bonds. The molecule has 1 unspecified atom stereocenters. The predicted molar refractivity (Wildman–Crippen MR) is 79.3 cm³/mol. The third-order valence-corrected chi connectivity index (χ3v) is 4.18. The van der Waals surface area contributed by atoms with Gasteiger partial charge >= 0.3 is 0 Å². The number of rotatable bonds is 3. The molecule has 1 N–H and O–H groups in total. The largest absolute Gasteiger partial charge is 0.381 e. The van der Waals surface area contributed by atoms with E-state index < -0.39 is 0 Å². The Hall–Kier alpha value is -1.38. The zero-order valence-electron chi connectivity index (χ0n) is 11.4. The monoisotopic (exact) mass is 255 g/mol. The molecule has 0 saturated carbocycles. The molecule has 2 heteroatoms. The summed E-state index contributed by atoms with van der Waals surface area (Å²) in [6, 6.07) is 15.8. The summed E-state index contributed by atoms with van der Waals surface area (Å²) in [7, 11) is 2.06. The fraction of sp³-hybridized carbons (Fsp3) is 0.412. The Labute approximate surface area is 114 Å². The third-order valence-electron chi connectivity index (χ3n) is 4.18. The molecular formula is C17H21NO. The molecule has 2 nitrogen and oxygen atoms in total. The Bertz CT molecular complexity index is 546. The molecule has 1 atom stereocenters. The molecule has 1 aliphatic rings. The van der Waals surface area contributed by atoms with Gasteiger partial charge in [-0.3, -0.25) is 0 Å². The van der Waals surface area contributed by atoms with Crippen LogP contribution < -0.4 is 5.32 Å². The van der Waals surface area contributed by atoms with Gasteiger partial charge in [-0.2, -0.15) is 0 Å². The van der Waals surface area contributed by atoms with Crippen molar-refractivity contribution in [3.8, 4) is 0 Å². The minimum absolute atomic E-state index is 0.438. The summed E-state index contributed by atoms with van der Waals surface area (Å²) >= 11 is 0. The van der Waals surface area contributed by atoms with Crippen LogP contribution in [0.25, 0.3) is 10.8 Å². The summed E-state index contributed by atoms with van der Waals surface area (Å²) in [6.45, 7) is 1.80. The van der Waals surface area contributed by atoms with Crippen molar-refractivity contribution in [2.75, 3.05) is 20.3 Å². The number of fused-ring (bicyclic) bond motifs is 1. The average molecular weight is 255 g/mol. The maximum absolute atomic E-state index is 5.47. The van der Waals surface area contributed by atoms with Gasteiger partial charge in [0.1, 0.15) is 0 Å². The summed E-state index contributed by atoms with van der Waals surface area (Å²) in [6.07, 6.45) is 2.30. The molecule has 100 valence electrons. The van der Waals surface area contributed by atoms with Crippen molar-refractivity contribution < 1.29 is 4.74 Å². The lowest BCUT2D eigenvalue weighted by molar-refractivity contribution is 0.0546. The summed E-state index contributed by atoms with van der Waals surface area (Å²) in [5, 5.41) is 6.14. The number of ether oxygens (including phenoxy) is 1. The molecule has 1 heterocycles. The van der Waals surface area contributed by atoms with Crippen LogP contribution >= 0.6 is 0 Å². The Morgan fingerprint density at radius 2 is 1.79 bits per heavy atom. The Morgan fingerprint density at radius 1 is 1.05 bits per heavy atom. The van der Waals surface area contributed by atoms with E-state index in [9.17, 15) is 0 Å². The topological polar surface area (TPSA) is 21.3 Å². The van der Waals surface area contributed by atoms with Crippen LogP contribution in [0.15, 0.2) is 42.5 Å². The van der Waals surface area contributed by atoms with Gasteiger partial charge in [0.2, 0.25) is 0 Å². The third kappa shape index (κ3) is 2.65.